The molecular formula is C9H17N3O2S. The van der Waals surface area contributed by atoms with Crippen molar-refractivity contribution in [3.63, 3.8) is 0 Å². The molecule has 0 aliphatic rings. The summed E-state index contributed by atoms with van der Waals surface area (Å²) >= 11 is 5.12. The Balaban J connectivity index is 2.58. The molecule has 5 nitrogen and oxygen atoms in total. The third kappa shape index (κ3) is 3.73. The molecular weight excluding hydrogens is 214 g/mol. The normalized spacial score (nSPS) is 10.8. The maximum atomic E-state index is 5.12. The van der Waals surface area contributed by atoms with E-state index in [2.05, 4.69) is 10.2 Å². The maximum absolute atomic E-state index is 5.12. The van der Waals surface area contributed by atoms with Gasteiger partial charge in [0.2, 0.25) is 0 Å². The Morgan fingerprint density at radius 2 is 2.07 bits per heavy atom. The van der Waals surface area contributed by atoms with Gasteiger partial charge in [0.1, 0.15) is 5.82 Å². The average molecular weight is 231 g/mol. The molecule has 0 amide bonds. The first kappa shape index (κ1) is 12.4. The van der Waals surface area contributed by atoms with E-state index < -0.39 is 0 Å². The fourth-order valence-electron chi connectivity index (χ4n) is 1.33. The third-order valence-electron chi connectivity index (χ3n) is 2.11. The first-order chi connectivity index (χ1) is 7.29. The number of rotatable bonds is 7. The Bertz CT molecular complexity index is 334. The lowest BCUT2D eigenvalue weighted by atomic mass is 10.3. The summed E-state index contributed by atoms with van der Waals surface area (Å²) in [6, 6.07) is 0. The number of aromatic amines is 1. The molecule has 1 aromatic heterocycles. The Kier molecular flexibility index (Phi) is 5.52. The molecule has 0 unspecified atom stereocenters. The molecule has 0 aromatic carbocycles. The van der Waals surface area contributed by atoms with Crippen molar-refractivity contribution in [1.82, 2.24) is 14.8 Å². The molecule has 15 heavy (non-hydrogen) atoms. The van der Waals surface area contributed by atoms with E-state index in [-0.39, 0.29) is 0 Å². The van der Waals surface area contributed by atoms with Crippen LogP contribution in [-0.2, 0) is 22.4 Å². The summed E-state index contributed by atoms with van der Waals surface area (Å²) in [5.41, 5.74) is 0. The molecule has 6 heteroatoms. The van der Waals surface area contributed by atoms with Crippen LogP contribution in [0.5, 0.6) is 0 Å². The number of aromatic nitrogens is 3. The lowest BCUT2D eigenvalue weighted by Gasteiger charge is -2.05. The van der Waals surface area contributed by atoms with Gasteiger partial charge in [0.25, 0.3) is 0 Å². The highest BCUT2D eigenvalue weighted by Gasteiger charge is 2.04. The summed E-state index contributed by atoms with van der Waals surface area (Å²) in [4.78, 5) is 0. The first-order valence-electron chi connectivity index (χ1n) is 4.91. The summed E-state index contributed by atoms with van der Waals surface area (Å²) in [6.45, 7) is 2.13. The quantitative estimate of drug-likeness (QED) is 0.565. The van der Waals surface area contributed by atoms with E-state index in [1.807, 2.05) is 4.57 Å². The standard InChI is InChI=1S/C9H17N3O2S/c1-13-6-3-4-8-10-11-9(15)12(8)5-7-14-2/h3-7H2,1-2H3,(H,11,15). The number of H-pyrrole nitrogens is 1. The zero-order chi connectivity index (χ0) is 11.1. The van der Waals surface area contributed by atoms with Gasteiger partial charge in [-0.3, -0.25) is 5.10 Å². The molecule has 1 rings (SSSR count). The molecule has 0 saturated carbocycles. The second-order valence-electron chi connectivity index (χ2n) is 3.19. The molecule has 0 saturated heterocycles. The van der Waals surface area contributed by atoms with Crippen LogP contribution in [0.1, 0.15) is 12.2 Å². The summed E-state index contributed by atoms with van der Waals surface area (Å²) < 4.78 is 12.6. The molecule has 0 atom stereocenters. The molecule has 0 aliphatic heterocycles. The minimum Gasteiger partial charge on any atom is -0.385 e. The van der Waals surface area contributed by atoms with Crippen LogP contribution in [0.4, 0.5) is 0 Å². The summed E-state index contributed by atoms with van der Waals surface area (Å²) in [5, 5.41) is 6.97. The van der Waals surface area contributed by atoms with E-state index >= 15 is 0 Å². The van der Waals surface area contributed by atoms with Gasteiger partial charge in [0.15, 0.2) is 4.77 Å². The van der Waals surface area contributed by atoms with Crippen molar-refractivity contribution in [2.75, 3.05) is 27.4 Å². The van der Waals surface area contributed by atoms with Crippen LogP contribution in [0.25, 0.3) is 0 Å². The van der Waals surface area contributed by atoms with E-state index in [0.717, 1.165) is 31.8 Å². The minimum absolute atomic E-state index is 0.644. The lowest BCUT2D eigenvalue weighted by molar-refractivity contribution is 0.183. The molecule has 1 heterocycles. The van der Waals surface area contributed by atoms with Gasteiger partial charge in [-0.05, 0) is 18.6 Å². The second-order valence-corrected chi connectivity index (χ2v) is 3.57. The topological polar surface area (TPSA) is 52.1 Å². The van der Waals surface area contributed by atoms with Gasteiger partial charge in [-0.25, -0.2) is 0 Å². The largest absolute Gasteiger partial charge is 0.385 e. The van der Waals surface area contributed by atoms with E-state index in [4.69, 9.17) is 21.7 Å². The van der Waals surface area contributed by atoms with E-state index in [1.165, 1.54) is 0 Å². The number of ether oxygens (including phenoxy) is 2. The zero-order valence-electron chi connectivity index (χ0n) is 9.15. The Morgan fingerprint density at radius 3 is 2.73 bits per heavy atom. The van der Waals surface area contributed by atoms with Crippen molar-refractivity contribution < 1.29 is 9.47 Å². The van der Waals surface area contributed by atoms with Gasteiger partial charge in [0.05, 0.1) is 6.61 Å². The van der Waals surface area contributed by atoms with E-state index in [0.29, 0.717) is 11.4 Å². The highest BCUT2D eigenvalue weighted by molar-refractivity contribution is 7.71. The second kappa shape index (κ2) is 6.71. The van der Waals surface area contributed by atoms with Gasteiger partial charge in [-0.1, -0.05) is 0 Å². The highest BCUT2D eigenvalue weighted by Crippen LogP contribution is 2.01. The fraction of sp³-hybridized carbons (Fsp3) is 0.778. The van der Waals surface area contributed by atoms with Gasteiger partial charge in [-0.2, -0.15) is 5.10 Å². The molecule has 86 valence electrons. The minimum atomic E-state index is 0.644. The predicted molar refractivity (Wildman–Crippen MR) is 59.5 cm³/mol. The van der Waals surface area contributed by atoms with Gasteiger partial charge >= 0.3 is 0 Å². The van der Waals surface area contributed by atoms with Gasteiger partial charge < -0.3 is 14.0 Å². The van der Waals surface area contributed by atoms with Crippen molar-refractivity contribution >= 4 is 12.2 Å². The van der Waals surface area contributed by atoms with Crippen molar-refractivity contribution in [3.05, 3.63) is 10.6 Å². The summed E-state index contributed by atoms with van der Waals surface area (Å²) in [5.74, 6) is 0.967. The van der Waals surface area contributed by atoms with Crippen LogP contribution in [-0.4, -0.2) is 42.2 Å². The van der Waals surface area contributed by atoms with Crippen LogP contribution < -0.4 is 0 Å². The zero-order valence-corrected chi connectivity index (χ0v) is 9.97. The van der Waals surface area contributed by atoms with Gasteiger partial charge in [-0.15, -0.1) is 0 Å². The molecule has 0 fully saturated rings. The lowest BCUT2D eigenvalue weighted by Crippen LogP contribution is -2.09. The molecule has 0 bridgehead atoms. The van der Waals surface area contributed by atoms with Crippen molar-refractivity contribution in [2.24, 2.45) is 0 Å². The van der Waals surface area contributed by atoms with Crippen LogP contribution >= 0.6 is 12.2 Å². The van der Waals surface area contributed by atoms with Crippen LogP contribution in [0.2, 0.25) is 0 Å². The van der Waals surface area contributed by atoms with Gasteiger partial charge in [0, 0.05) is 33.8 Å². The highest BCUT2D eigenvalue weighted by atomic mass is 32.1. The summed E-state index contributed by atoms with van der Waals surface area (Å²) in [6.07, 6.45) is 1.81. The third-order valence-corrected chi connectivity index (χ3v) is 2.42. The number of nitrogens with zero attached hydrogens (tertiary/aromatic N) is 2. The predicted octanol–water partition coefficient (Wildman–Crippen LogP) is 1.17. The summed E-state index contributed by atoms with van der Waals surface area (Å²) in [7, 11) is 3.37. The first-order valence-corrected chi connectivity index (χ1v) is 5.32. The van der Waals surface area contributed by atoms with Crippen molar-refractivity contribution in [1.29, 1.82) is 0 Å². The van der Waals surface area contributed by atoms with E-state index in [1.54, 1.807) is 14.2 Å². The Hall–Kier alpha value is -0.720. The fourth-order valence-corrected chi connectivity index (χ4v) is 1.57. The van der Waals surface area contributed by atoms with Crippen LogP contribution in [0.15, 0.2) is 0 Å². The molecule has 0 spiro atoms. The smallest absolute Gasteiger partial charge is 0.195 e. The number of hydrogen-bond donors (Lipinski definition) is 1. The Morgan fingerprint density at radius 1 is 1.33 bits per heavy atom. The molecule has 1 N–H and O–H groups in total. The van der Waals surface area contributed by atoms with Crippen LogP contribution in [0.3, 0.4) is 0 Å². The number of aryl methyl sites for hydroxylation is 1. The van der Waals surface area contributed by atoms with Crippen molar-refractivity contribution in [2.45, 2.75) is 19.4 Å². The number of hydrogen-bond acceptors (Lipinski definition) is 4. The number of nitrogens with one attached hydrogen (secondary N) is 1. The maximum Gasteiger partial charge on any atom is 0.195 e. The van der Waals surface area contributed by atoms with Crippen LogP contribution in [0, 0.1) is 4.77 Å². The average Bonchev–Trinajstić information content (AvgIpc) is 2.58. The monoisotopic (exact) mass is 231 g/mol. The number of methoxy groups -OCH3 is 2. The van der Waals surface area contributed by atoms with Crippen molar-refractivity contribution in [3.8, 4) is 0 Å². The Labute approximate surface area is 94.4 Å². The molecule has 0 radical (unpaired) electrons. The van der Waals surface area contributed by atoms with E-state index in [9.17, 15) is 0 Å². The SMILES string of the molecule is COCCCc1n[nH]c(=S)n1CCOC. The molecule has 0 aliphatic carbocycles. The molecule has 1 aromatic rings.